The third-order valence-electron chi connectivity index (χ3n) is 7.90. The standard InChI is InChI=1S/C31H53N7O3S4/c1-23(42-2)36-24(12-6-10-16-32-20-21-44-45-28-15-7-11-18-34-28)30(40)35-19-9-3-8-17-33-27(39)14-5-4-13-26-29-25(22-43-26)37-31(41)38-29/h7,11,15,18,23-26,29,32,36H,3-6,8-10,12-14,16-17,19-22H2,1-2H3,(H,33,39)(H,35,40)(H2,37,38,41)/t23?,24-,25-,26-,29-/m0/s1. The number of pyridine rings is 1. The summed E-state index contributed by atoms with van der Waals surface area (Å²) in [5, 5.41) is 20.8. The second-order valence-electron chi connectivity index (χ2n) is 11.5. The highest BCUT2D eigenvalue weighted by atomic mass is 33.1. The molecule has 14 heteroatoms. The fourth-order valence-corrected chi connectivity index (χ4v) is 9.00. The minimum absolute atomic E-state index is 0.0489. The van der Waals surface area contributed by atoms with Gasteiger partial charge in [-0.25, -0.2) is 9.78 Å². The van der Waals surface area contributed by atoms with Gasteiger partial charge in [0.2, 0.25) is 11.8 Å². The number of fused-ring (bicyclic) bond motifs is 1. The average Bonchev–Trinajstić information content (AvgIpc) is 3.60. The molecule has 6 N–H and O–H groups in total. The highest BCUT2D eigenvalue weighted by Gasteiger charge is 2.42. The van der Waals surface area contributed by atoms with E-state index in [-0.39, 0.29) is 41.3 Å². The normalized spacial score (nSPS) is 20.2. The van der Waals surface area contributed by atoms with Gasteiger partial charge in [0, 0.05) is 49.0 Å². The van der Waals surface area contributed by atoms with Gasteiger partial charge in [0.15, 0.2) is 0 Å². The van der Waals surface area contributed by atoms with Gasteiger partial charge in [0.25, 0.3) is 0 Å². The first kappa shape index (κ1) is 38.1. The molecule has 10 nitrogen and oxygen atoms in total. The van der Waals surface area contributed by atoms with Crippen LogP contribution < -0.4 is 31.9 Å². The number of hydrogen-bond donors (Lipinski definition) is 6. The van der Waals surface area contributed by atoms with E-state index in [4.69, 9.17) is 0 Å². The highest BCUT2D eigenvalue weighted by Crippen LogP contribution is 2.33. The van der Waals surface area contributed by atoms with Crippen LogP contribution in [0.3, 0.4) is 0 Å². The van der Waals surface area contributed by atoms with Gasteiger partial charge in [-0.05, 0) is 87.6 Å². The van der Waals surface area contributed by atoms with E-state index in [9.17, 15) is 14.4 Å². The van der Waals surface area contributed by atoms with E-state index in [0.717, 1.165) is 87.4 Å². The number of nitrogens with zero attached hydrogens (tertiary/aromatic N) is 1. The summed E-state index contributed by atoms with van der Waals surface area (Å²) in [6.45, 7) is 5.35. The Hall–Kier alpha value is -1.32. The molecule has 2 saturated heterocycles. The summed E-state index contributed by atoms with van der Waals surface area (Å²) in [6.07, 6.45) is 13.0. The number of aromatic nitrogens is 1. The molecule has 5 atom stereocenters. The Labute approximate surface area is 286 Å². The lowest BCUT2D eigenvalue weighted by Crippen LogP contribution is -2.47. The maximum absolute atomic E-state index is 12.9. The largest absolute Gasteiger partial charge is 0.356 e. The molecule has 3 rings (SSSR count). The molecule has 2 aliphatic heterocycles. The Kier molecular flexibility index (Phi) is 19.6. The molecule has 1 unspecified atom stereocenters. The zero-order valence-corrected chi connectivity index (χ0v) is 30.1. The van der Waals surface area contributed by atoms with Crippen molar-refractivity contribution >= 4 is 63.0 Å². The van der Waals surface area contributed by atoms with Crippen LogP contribution in [-0.2, 0) is 9.59 Å². The lowest BCUT2D eigenvalue weighted by Gasteiger charge is -2.22. The van der Waals surface area contributed by atoms with Gasteiger partial charge in [-0.1, -0.05) is 29.7 Å². The molecule has 0 radical (unpaired) electrons. The first-order chi connectivity index (χ1) is 22.0. The van der Waals surface area contributed by atoms with Crippen LogP contribution >= 0.6 is 45.1 Å². The van der Waals surface area contributed by atoms with E-state index in [1.54, 1.807) is 22.6 Å². The molecule has 0 spiro atoms. The van der Waals surface area contributed by atoms with E-state index in [0.29, 0.717) is 24.8 Å². The predicted molar refractivity (Wildman–Crippen MR) is 193 cm³/mol. The van der Waals surface area contributed by atoms with Crippen LogP contribution in [0.4, 0.5) is 4.79 Å². The SMILES string of the molecule is CSC(C)N[C@@H](CCCCNCCSSc1ccccn1)C(=O)NCCCCCNC(=O)CCCC[C@@H]1SC[C@@H]2NC(=O)N[C@@H]21. The quantitative estimate of drug-likeness (QED) is 0.0378. The van der Waals surface area contributed by atoms with Crippen LogP contribution in [0.25, 0.3) is 0 Å². The summed E-state index contributed by atoms with van der Waals surface area (Å²) < 4.78 is 0. The number of rotatable bonds is 25. The number of carbonyl (C=O) groups excluding carboxylic acids is 3. The first-order valence-corrected chi connectivity index (χ1v) is 21.0. The molecular weight excluding hydrogens is 647 g/mol. The molecule has 4 amide bonds. The molecule has 3 heterocycles. The molecule has 0 saturated carbocycles. The Morgan fingerprint density at radius 1 is 1.02 bits per heavy atom. The van der Waals surface area contributed by atoms with Crippen LogP contribution in [-0.4, -0.2) is 95.5 Å². The summed E-state index contributed by atoms with van der Waals surface area (Å²) in [6, 6.07) is 6.23. The Bertz CT molecular complexity index is 997. The first-order valence-electron chi connectivity index (χ1n) is 16.4. The van der Waals surface area contributed by atoms with Gasteiger partial charge in [0.1, 0.15) is 5.03 Å². The van der Waals surface area contributed by atoms with Crippen molar-refractivity contribution in [1.29, 1.82) is 0 Å². The summed E-state index contributed by atoms with van der Waals surface area (Å²) in [4.78, 5) is 41.0. The van der Waals surface area contributed by atoms with Crippen molar-refractivity contribution in [2.24, 2.45) is 0 Å². The number of thioether (sulfide) groups is 2. The molecule has 2 fully saturated rings. The maximum atomic E-state index is 12.9. The minimum Gasteiger partial charge on any atom is -0.356 e. The van der Waals surface area contributed by atoms with Gasteiger partial charge in [0.05, 0.1) is 23.5 Å². The zero-order chi connectivity index (χ0) is 32.1. The molecule has 0 aliphatic carbocycles. The van der Waals surface area contributed by atoms with E-state index in [1.807, 2.05) is 47.0 Å². The molecule has 45 heavy (non-hydrogen) atoms. The third-order valence-corrected chi connectivity index (χ3v) is 12.5. The number of amides is 4. The van der Waals surface area contributed by atoms with Crippen molar-refractivity contribution in [3.05, 3.63) is 24.4 Å². The summed E-state index contributed by atoms with van der Waals surface area (Å²) in [5.74, 6) is 2.19. The molecule has 1 aromatic heterocycles. The van der Waals surface area contributed by atoms with Crippen molar-refractivity contribution in [1.82, 2.24) is 36.9 Å². The molecular formula is C31H53N7O3S4. The lowest BCUT2D eigenvalue weighted by molar-refractivity contribution is -0.123. The van der Waals surface area contributed by atoms with Crippen LogP contribution in [0.2, 0.25) is 0 Å². The average molecular weight is 700 g/mol. The summed E-state index contributed by atoms with van der Waals surface area (Å²) in [7, 11) is 3.52. The summed E-state index contributed by atoms with van der Waals surface area (Å²) >= 11 is 3.63. The number of hydrogen-bond acceptors (Lipinski definition) is 10. The number of nitrogens with one attached hydrogen (secondary N) is 6. The lowest BCUT2D eigenvalue weighted by atomic mass is 10.0. The Morgan fingerprint density at radius 3 is 2.64 bits per heavy atom. The number of unbranched alkanes of at least 4 members (excludes halogenated alkanes) is 4. The van der Waals surface area contributed by atoms with Gasteiger partial charge >= 0.3 is 6.03 Å². The molecule has 254 valence electrons. The summed E-state index contributed by atoms with van der Waals surface area (Å²) in [5.41, 5.74) is 0. The minimum atomic E-state index is -0.181. The number of carbonyl (C=O) groups is 3. The maximum Gasteiger partial charge on any atom is 0.315 e. The van der Waals surface area contributed by atoms with Crippen molar-refractivity contribution in [3.8, 4) is 0 Å². The van der Waals surface area contributed by atoms with E-state index in [2.05, 4.69) is 50.1 Å². The van der Waals surface area contributed by atoms with E-state index >= 15 is 0 Å². The van der Waals surface area contributed by atoms with Crippen LogP contribution in [0.5, 0.6) is 0 Å². The second kappa shape index (κ2) is 23.1. The van der Waals surface area contributed by atoms with Crippen LogP contribution in [0.15, 0.2) is 29.4 Å². The second-order valence-corrected chi connectivity index (χ2v) is 16.4. The predicted octanol–water partition coefficient (Wildman–Crippen LogP) is 4.38. The molecule has 0 bridgehead atoms. The van der Waals surface area contributed by atoms with Crippen molar-refractivity contribution in [2.75, 3.05) is 43.9 Å². The van der Waals surface area contributed by atoms with Crippen LogP contribution in [0.1, 0.15) is 71.1 Å². The highest BCUT2D eigenvalue weighted by molar-refractivity contribution is 8.76. The molecule has 1 aromatic rings. The monoisotopic (exact) mass is 699 g/mol. The Morgan fingerprint density at radius 2 is 1.84 bits per heavy atom. The topological polar surface area (TPSA) is 136 Å². The molecule has 2 aliphatic rings. The smallest absolute Gasteiger partial charge is 0.315 e. The Balaban J connectivity index is 1.14. The van der Waals surface area contributed by atoms with Crippen LogP contribution in [0, 0.1) is 0 Å². The fraction of sp³-hybridized carbons (Fsp3) is 0.742. The third kappa shape index (κ3) is 15.9. The van der Waals surface area contributed by atoms with Gasteiger partial charge in [-0.3, -0.25) is 14.9 Å². The number of urea groups is 1. The fourth-order valence-electron chi connectivity index (χ4n) is 5.33. The molecule has 0 aromatic carbocycles. The van der Waals surface area contributed by atoms with Crippen molar-refractivity contribution in [2.45, 2.75) is 105 Å². The van der Waals surface area contributed by atoms with Gasteiger partial charge in [-0.15, -0.1) is 11.8 Å². The van der Waals surface area contributed by atoms with Crippen molar-refractivity contribution < 1.29 is 14.4 Å². The van der Waals surface area contributed by atoms with E-state index < -0.39 is 0 Å². The van der Waals surface area contributed by atoms with E-state index in [1.165, 1.54) is 0 Å². The van der Waals surface area contributed by atoms with Gasteiger partial charge in [-0.2, -0.15) is 11.8 Å². The zero-order valence-electron chi connectivity index (χ0n) is 26.8. The van der Waals surface area contributed by atoms with Crippen molar-refractivity contribution in [3.63, 3.8) is 0 Å². The van der Waals surface area contributed by atoms with Gasteiger partial charge < -0.3 is 26.6 Å².